The Morgan fingerprint density at radius 3 is 1.86 bits per heavy atom. The molecular weight excluding hydrogens is 725 g/mol. The molecule has 0 aliphatic carbocycles. The highest BCUT2D eigenvalue weighted by Gasteiger charge is 2.26. The van der Waals surface area contributed by atoms with Crippen molar-refractivity contribution < 1.29 is 0 Å². The third kappa shape index (κ3) is 5.21. The first-order valence-electron chi connectivity index (χ1n) is 19.5. The van der Waals surface area contributed by atoms with Crippen LogP contribution in [-0.4, -0.2) is 19.5 Å². The van der Waals surface area contributed by atoms with Crippen LogP contribution in [0.2, 0.25) is 0 Å². The zero-order valence-corrected chi connectivity index (χ0v) is 32.0. The van der Waals surface area contributed by atoms with Crippen LogP contribution in [0.3, 0.4) is 0 Å². The maximum absolute atomic E-state index is 5.21. The lowest BCUT2D eigenvalue weighted by molar-refractivity contribution is 1.07. The molecule has 270 valence electrons. The second-order valence-corrected chi connectivity index (χ2v) is 15.8. The highest BCUT2D eigenvalue weighted by molar-refractivity contribution is 8.00. The minimum absolute atomic E-state index is 0.654. The molecular formula is C53H32N4S. The Bertz CT molecular complexity index is 3430. The van der Waals surface area contributed by atoms with Crippen LogP contribution in [-0.2, 0) is 0 Å². The summed E-state index contributed by atoms with van der Waals surface area (Å²) in [5, 5.41) is 7.31. The number of hydrogen-bond acceptors (Lipinski definition) is 4. The second-order valence-electron chi connectivity index (χ2n) is 14.8. The number of aromatic nitrogens is 4. The summed E-state index contributed by atoms with van der Waals surface area (Å²) in [5.41, 5.74) is 11.3. The molecule has 2 aromatic heterocycles. The van der Waals surface area contributed by atoms with E-state index >= 15 is 0 Å². The molecule has 0 radical (unpaired) electrons. The Hall–Kier alpha value is -7.34. The third-order valence-corrected chi connectivity index (χ3v) is 12.6. The number of hydrogen-bond donors (Lipinski definition) is 0. The van der Waals surface area contributed by atoms with Gasteiger partial charge in [-0.15, -0.1) is 0 Å². The van der Waals surface area contributed by atoms with Gasteiger partial charge in [0, 0.05) is 48.0 Å². The zero-order valence-electron chi connectivity index (χ0n) is 31.2. The summed E-state index contributed by atoms with van der Waals surface area (Å²) in [4.78, 5) is 17.8. The van der Waals surface area contributed by atoms with E-state index in [-0.39, 0.29) is 0 Å². The second kappa shape index (κ2) is 13.1. The molecule has 0 bridgehead atoms. The van der Waals surface area contributed by atoms with Crippen LogP contribution in [0.15, 0.2) is 204 Å². The zero-order chi connectivity index (χ0) is 38.2. The summed E-state index contributed by atoms with van der Waals surface area (Å²) in [6, 6.07) is 69.2. The fourth-order valence-electron chi connectivity index (χ4n) is 8.72. The molecule has 0 saturated heterocycles. The first kappa shape index (κ1) is 32.9. The number of nitrogens with zero attached hydrogens (tertiary/aromatic N) is 4. The number of rotatable bonds is 5. The largest absolute Gasteiger partial charge is 0.309 e. The lowest BCUT2D eigenvalue weighted by Crippen LogP contribution is -2.03. The molecule has 0 unspecified atom stereocenters. The van der Waals surface area contributed by atoms with Gasteiger partial charge in [0.05, 0.1) is 16.7 Å². The van der Waals surface area contributed by atoms with Gasteiger partial charge in [0.15, 0.2) is 17.5 Å². The van der Waals surface area contributed by atoms with Gasteiger partial charge in [-0.1, -0.05) is 163 Å². The molecule has 0 spiro atoms. The van der Waals surface area contributed by atoms with Crippen LogP contribution in [0, 0.1) is 0 Å². The molecule has 3 heterocycles. The average molecular weight is 757 g/mol. The van der Waals surface area contributed by atoms with Crippen molar-refractivity contribution >= 4 is 55.1 Å². The van der Waals surface area contributed by atoms with Crippen molar-refractivity contribution in [1.82, 2.24) is 19.5 Å². The predicted molar refractivity (Wildman–Crippen MR) is 240 cm³/mol. The molecule has 1 aliphatic rings. The van der Waals surface area contributed by atoms with Gasteiger partial charge in [0.25, 0.3) is 0 Å². The van der Waals surface area contributed by atoms with Crippen LogP contribution in [0.1, 0.15) is 0 Å². The van der Waals surface area contributed by atoms with Crippen molar-refractivity contribution in [2.75, 3.05) is 0 Å². The van der Waals surface area contributed by atoms with Crippen molar-refractivity contribution in [3.63, 3.8) is 0 Å². The van der Waals surface area contributed by atoms with Crippen molar-refractivity contribution in [2.24, 2.45) is 0 Å². The first-order valence-corrected chi connectivity index (χ1v) is 20.3. The van der Waals surface area contributed by atoms with Crippen molar-refractivity contribution in [3.8, 4) is 62.1 Å². The topological polar surface area (TPSA) is 43.6 Å². The van der Waals surface area contributed by atoms with Crippen LogP contribution in [0.4, 0.5) is 0 Å². The van der Waals surface area contributed by atoms with Crippen LogP contribution in [0.25, 0.3) is 105 Å². The molecule has 9 aromatic carbocycles. The van der Waals surface area contributed by atoms with E-state index in [4.69, 9.17) is 15.0 Å². The van der Waals surface area contributed by atoms with E-state index in [1.54, 1.807) is 11.8 Å². The summed E-state index contributed by atoms with van der Waals surface area (Å²) in [6.07, 6.45) is 0. The summed E-state index contributed by atoms with van der Waals surface area (Å²) in [7, 11) is 0. The lowest BCUT2D eigenvalue weighted by Gasteiger charge is -2.24. The van der Waals surface area contributed by atoms with Gasteiger partial charge in [-0.05, 0) is 75.5 Å². The van der Waals surface area contributed by atoms with Crippen molar-refractivity contribution in [1.29, 1.82) is 0 Å². The van der Waals surface area contributed by atoms with Gasteiger partial charge >= 0.3 is 0 Å². The van der Waals surface area contributed by atoms with Gasteiger partial charge in [0.1, 0.15) is 0 Å². The first-order chi connectivity index (χ1) is 28.7. The Kier molecular flexibility index (Phi) is 7.43. The molecule has 58 heavy (non-hydrogen) atoms. The van der Waals surface area contributed by atoms with E-state index in [1.807, 2.05) is 18.2 Å². The maximum Gasteiger partial charge on any atom is 0.165 e. The highest BCUT2D eigenvalue weighted by Crippen LogP contribution is 2.52. The van der Waals surface area contributed by atoms with E-state index in [1.165, 1.54) is 70.8 Å². The lowest BCUT2D eigenvalue weighted by atomic mass is 9.95. The van der Waals surface area contributed by atoms with Crippen molar-refractivity contribution in [3.05, 3.63) is 194 Å². The Labute approximate surface area is 339 Å². The molecule has 0 saturated carbocycles. The average Bonchev–Trinajstić information content (AvgIpc) is 3.63. The normalized spacial score (nSPS) is 12.1. The van der Waals surface area contributed by atoms with Crippen LogP contribution >= 0.6 is 11.8 Å². The molecule has 0 N–H and O–H groups in total. The number of benzene rings is 9. The summed E-state index contributed by atoms with van der Waals surface area (Å²) < 4.78 is 2.45. The third-order valence-electron chi connectivity index (χ3n) is 11.4. The minimum Gasteiger partial charge on any atom is -0.309 e. The fourth-order valence-corrected chi connectivity index (χ4v) is 9.96. The molecule has 1 aliphatic heterocycles. The quantitative estimate of drug-likeness (QED) is 0.175. The summed E-state index contributed by atoms with van der Waals surface area (Å²) >= 11 is 1.80. The van der Waals surface area contributed by atoms with Gasteiger partial charge in [-0.2, -0.15) is 0 Å². The van der Waals surface area contributed by atoms with Crippen LogP contribution < -0.4 is 0 Å². The monoisotopic (exact) mass is 756 g/mol. The van der Waals surface area contributed by atoms with E-state index in [9.17, 15) is 0 Å². The molecule has 0 fully saturated rings. The predicted octanol–water partition coefficient (Wildman–Crippen LogP) is 14.1. The fraction of sp³-hybridized carbons (Fsp3) is 0. The molecule has 0 atom stereocenters. The number of para-hydroxylation sites is 1. The standard InChI is InChI=1S/C53H32N4S/c1-3-13-33(14-4-1)37-27-28-47-44(32-37)39-19-9-10-24-45(39)57(47)46-29-30-48-49-40(20-11-22-42(46)49)41-21-12-23-43(50(41)58-48)53-55-51(35-16-5-2-6-17-35)54-52(56-53)38-26-25-34-15-7-8-18-36(34)31-38/h1-32H. The molecule has 12 rings (SSSR count). The molecule has 0 amide bonds. The Morgan fingerprint density at radius 1 is 0.362 bits per heavy atom. The minimum atomic E-state index is 0.654. The van der Waals surface area contributed by atoms with Gasteiger partial charge < -0.3 is 4.57 Å². The summed E-state index contributed by atoms with van der Waals surface area (Å²) in [6.45, 7) is 0. The molecule has 11 aromatic rings. The van der Waals surface area contributed by atoms with E-state index in [0.717, 1.165) is 27.0 Å². The van der Waals surface area contributed by atoms with Crippen molar-refractivity contribution in [2.45, 2.75) is 9.79 Å². The summed E-state index contributed by atoms with van der Waals surface area (Å²) in [5.74, 6) is 1.97. The maximum atomic E-state index is 5.21. The smallest absolute Gasteiger partial charge is 0.165 e. The number of fused-ring (bicyclic) bond motifs is 6. The highest BCUT2D eigenvalue weighted by atomic mass is 32.2. The molecule has 5 heteroatoms. The van der Waals surface area contributed by atoms with Gasteiger partial charge in [-0.3, -0.25) is 0 Å². The van der Waals surface area contributed by atoms with Gasteiger partial charge in [-0.25, -0.2) is 15.0 Å². The SMILES string of the molecule is c1ccc(-c2ccc3c(c2)c2ccccc2n3-c2ccc3c4c(cccc24)-c2cccc(-c4nc(-c5ccccc5)nc(-c5ccc6ccccc6c5)n4)c2S3)cc1. The van der Waals surface area contributed by atoms with E-state index in [0.29, 0.717) is 17.5 Å². The van der Waals surface area contributed by atoms with E-state index in [2.05, 4.69) is 180 Å². The van der Waals surface area contributed by atoms with Gasteiger partial charge in [0.2, 0.25) is 0 Å². The Balaban J connectivity index is 1.03. The van der Waals surface area contributed by atoms with E-state index < -0.39 is 0 Å². The Morgan fingerprint density at radius 2 is 1.00 bits per heavy atom. The van der Waals surface area contributed by atoms with Crippen LogP contribution in [0.5, 0.6) is 0 Å². The molecule has 4 nitrogen and oxygen atoms in total.